The average Bonchev–Trinajstić information content (AvgIpc) is 2.46. The summed E-state index contributed by atoms with van der Waals surface area (Å²) in [7, 11) is 0. The molecule has 2 rings (SSSR count). The molecule has 0 aliphatic rings. The summed E-state index contributed by atoms with van der Waals surface area (Å²) in [6.45, 7) is 7.85. The number of nitrogens with one attached hydrogen (secondary N) is 2. The van der Waals surface area contributed by atoms with Crippen LogP contribution in [0.4, 0.5) is 30.6 Å². The molecule has 0 aliphatic heterocycles. The summed E-state index contributed by atoms with van der Waals surface area (Å²) < 4.78 is 44.6. The number of benzene rings is 1. The van der Waals surface area contributed by atoms with Crippen LogP contribution in [0.25, 0.3) is 0 Å². The SMILES string of the molecule is CCOc1ccc(Nc2cc(C(F)(F)F)nc(NC(C)(C)C)n2)cc1. The van der Waals surface area contributed by atoms with Crippen molar-refractivity contribution < 1.29 is 17.9 Å². The maximum atomic E-state index is 13.1. The van der Waals surface area contributed by atoms with E-state index in [4.69, 9.17) is 4.74 Å². The summed E-state index contributed by atoms with van der Waals surface area (Å²) >= 11 is 0. The zero-order valence-corrected chi connectivity index (χ0v) is 14.5. The van der Waals surface area contributed by atoms with Crippen molar-refractivity contribution in [1.29, 1.82) is 0 Å². The molecule has 0 aliphatic carbocycles. The van der Waals surface area contributed by atoms with Gasteiger partial charge in [0.1, 0.15) is 11.6 Å². The quantitative estimate of drug-likeness (QED) is 0.804. The number of nitrogens with zero attached hydrogens (tertiary/aromatic N) is 2. The van der Waals surface area contributed by atoms with E-state index in [0.717, 1.165) is 6.07 Å². The molecule has 1 aromatic heterocycles. The van der Waals surface area contributed by atoms with Gasteiger partial charge in [0.25, 0.3) is 0 Å². The fourth-order valence-corrected chi connectivity index (χ4v) is 2.00. The van der Waals surface area contributed by atoms with Crippen molar-refractivity contribution in [3.63, 3.8) is 0 Å². The Hall–Kier alpha value is -2.51. The van der Waals surface area contributed by atoms with E-state index >= 15 is 0 Å². The van der Waals surface area contributed by atoms with Crippen LogP contribution in [0.2, 0.25) is 0 Å². The number of hydrogen-bond donors (Lipinski definition) is 2. The Morgan fingerprint density at radius 1 is 1.04 bits per heavy atom. The minimum atomic E-state index is -4.56. The monoisotopic (exact) mass is 354 g/mol. The van der Waals surface area contributed by atoms with E-state index in [0.29, 0.717) is 18.0 Å². The second-order valence-corrected chi connectivity index (χ2v) is 6.42. The number of ether oxygens (including phenoxy) is 1. The van der Waals surface area contributed by atoms with Gasteiger partial charge >= 0.3 is 6.18 Å². The van der Waals surface area contributed by atoms with E-state index in [1.54, 1.807) is 24.3 Å². The van der Waals surface area contributed by atoms with Gasteiger partial charge in [0.15, 0.2) is 5.69 Å². The van der Waals surface area contributed by atoms with Gasteiger partial charge in [-0.2, -0.15) is 18.2 Å². The molecule has 0 saturated heterocycles. The Balaban J connectivity index is 2.30. The molecule has 0 atom stereocenters. The van der Waals surface area contributed by atoms with Gasteiger partial charge in [0.05, 0.1) is 6.61 Å². The van der Waals surface area contributed by atoms with E-state index in [1.807, 2.05) is 27.7 Å². The minimum Gasteiger partial charge on any atom is -0.494 e. The van der Waals surface area contributed by atoms with Crippen molar-refractivity contribution in [2.45, 2.75) is 39.4 Å². The van der Waals surface area contributed by atoms with Crippen molar-refractivity contribution in [2.75, 3.05) is 17.2 Å². The van der Waals surface area contributed by atoms with Gasteiger partial charge in [0.2, 0.25) is 5.95 Å². The Morgan fingerprint density at radius 2 is 1.68 bits per heavy atom. The fraction of sp³-hybridized carbons (Fsp3) is 0.412. The van der Waals surface area contributed by atoms with Gasteiger partial charge < -0.3 is 15.4 Å². The first kappa shape index (κ1) is 18.8. The summed E-state index contributed by atoms with van der Waals surface area (Å²) in [4.78, 5) is 7.68. The number of hydrogen-bond acceptors (Lipinski definition) is 5. The summed E-state index contributed by atoms with van der Waals surface area (Å²) in [6, 6.07) is 7.75. The summed E-state index contributed by atoms with van der Waals surface area (Å²) in [5, 5.41) is 5.73. The molecule has 0 bridgehead atoms. The first-order valence-electron chi connectivity index (χ1n) is 7.81. The molecule has 0 saturated carbocycles. The van der Waals surface area contributed by atoms with E-state index in [-0.39, 0.29) is 11.8 Å². The highest BCUT2D eigenvalue weighted by Gasteiger charge is 2.34. The van der Waals surface area contributed by atoms with Crippen LogP contribution in [0.3, 0.4) is 0 Å². The highest BCUT2D eigenvalue weighted by Crippen LogP contribution is 2.31. The molecule has 8 heteroatoms. The van der Waals surface area contributed by atoms with Crippen molar-refractivity contribution in [3.8, 4) is 5.75 Å². The smallest absolute Gasteiger partial charge is 0.433 e. The summed E-state index contributed by atoms with van der Waals surface area (Å²) in [5.41, 5.74) is -0.889. The Labute approximate surface area is 144 Å². The zero-order chi connectivity index (χ0) is 18.7. The number of rotatable bonds is 5. The molecule has 2 N–H and O–H groups in total. The normalized spacial score (nSPS) is 12.0. The molecule has 0 fully saturated rings. The molecule has 2 aromatic rings. The van der Waals surface area contributed by atoms with Crippen LogP contribution < -0.4 is 15.4 Å². The van der Waals surface area contributed by atoms with Gasteiger partial charge in [-0.3, -0.25) is 0 Å². The lowest BCUT2D eigenvalue weighted by molar-refractivity contribution is -0.141. The van der Waals surface area contributed by atoms with Gasteiger partial charge in [-0.25, -0.2) is 4.98 Å². The molecule has 0 radical (unpaired) electrons. The first-order valence-corrected chi connectivity index (χ1v) is 7.81. The van der Waals surface area contributed by atoms with Crippen molar-refractivity contribution in [2.24, 2.45) is 0 Å². The minimum absolute atomic E-state index is 0.0539. The number of alkyl halides is 3. The van der Waals surface area contributed by atoms with Crippen LogP contribution in [-0.4, -0.2) is 22.1 Å². The fourth-order valence-electron chi connectivity index (χ4n) is 2.00. The molecule has 0 amide bonds. The maximum absolute atomic E-state index is 13.1. The van der Waals surface area contributed by atoms with Gasteiger partial charge in [-0.05, 0) is 52.0 Å². The Kier molecular flexibility index (Phi) is 5.39. The topological polar surface area (TPSA) is 59.1 Å². The van der Waals surface area contributed by atoms with E-state index in [1.165, 1.54) is 0 Å². The van der Waals surface area contributed by atoms with E-state index in [2.05, 4.69) is 20.6 Å². The first-order chi connectivity index (χ1) is 11.6. The Bertz CT molecular complexity index is 709. The molecule has 5 nitrogen and oxygen atoms in total. The third-order valence-corrected chi connectivity index (χ3v) is 2.94. The van der Waals surface area contributed by atoms with Gasteiger partial charge in [0, 0.05) is 17.3 Å². The van der Waals surface area contributed by atoms with Crippen molar-refractivity contribution >= 4 is 17.5 Å². The average molecular weight is 354 g/mol. The van der Waals surface area contributed by atoms with Crippen LogP contribution in [0.15, 0.2) is 30.3 Å². The van der Waals surface area contributed by atoms with Gasteiger partial charge in [-0.15, -0.1) is 0 Å². The van der Waals surface area contributed by atoms with Gasteiger partial charge in [-0.1, -0.05) is 0 Å². The summed E-state index contributed by atoms with van der Waals surface area (Å²) in [6.07, 6.45) is -4.56. The highest BCUT2D eigenvalue weighted by atomic mass is 19.4. The molecule has 0 unspecified atom stereocenters. The van der Waals surface area contributed by atoms with Crippen molar-refractivity contribution in [1.82, 2.24) is 9.97 Å². The molecule has 25 heavy (non-hydrogen) atoms. The molecule has 0 spiro atoms. The molecule has 136 valence electrons. The predicted octanol–water partition coefficient (Wildman–Crippen LogP) is 4.85. The molecular formula is C17H21F3N4O. The third-order valence-electron chi connectivity index (χ3n) is 2.94. The Morgan fingerprint density at radius 3 is 2.20 bits per heavy atom. The van der Waals surface area contributed by atoms with Crippen LogP contribution >= 0.6 is 0 Å². The second kappa shape index (κ2) is 7.16. The zero-order valence-electron chi connectivity index (χ0n) is 14.5. The van der Waals surface area contributed by atoms with Crippen LogP contribution in [0, 0.1) is 0 Å². The maximum Gasteiger partial charge on any atom is 0.433 e. The lowest BCUT2D eigenvalue weighted by Gasteiger charge is -2.21. The lowest BCUT2D eigenvalue weighted by atomic mass is 10.1. The van der Waals surface area contributed by atoms with Crippen LogP contribution in [0.5, 0.6) is 5.75 Å². The third kappa shape index (κ3) is 5.81. The van der Waals surface area contributed by atoms with Crippen LogP contribution in [-0.2, 0) is 6.18 Å². The highest BCUT2D eigenvalue weighted by molar-refractivity contribution is 5.58. The number of aromatic nitrogens is 2. The number of halogens is 3. The van der Waals surface area contributed by atoms with E-state index in [9.17, 15) is 13.2 Å². The van der Waals surface area contributed by atoms with Crippen molar-refractivity contribution in [3.05, 3.63) is 36.0 Å². The largest absolute Gasteiger partial charge is 0.494 e. The summed E-state index contributed by atoms with van der Waals surface area (Å²) in [5.74, 6) is 0.649. The lowest BCUT2D eigenvalue weighted by Crippen LogP contribution is -2.28. The molecular weight excluding hydrogens is 333 g/mol. The molecule has 1 heterocycles. The standard InChI is InChI=1S/C17H21F3N4O/c1-5-25-12-8-6-11(7-9-12)21-14-10-13(17(18,19)20)22-15(23-14)24-16(2,3)4/h6-10H,5H2,1-4H3,(H2,21,22,23,24). The predicted molar refractivity (Wildman–Crippen MR) is 91.3 cm³/mol. The number of anilines is 3. The van der Waals surface area contributed by atoms with E-state index < -0.39 is 17.4 Å². The molecule has 1 aromatic carbocycles. The van der Waals surface area contributed by atoms with Crippen LogP contribution in [0.1, 0.15) is 33.4 Å². The second-order valence-electron chi connectivity index (χ2n) is 6.42.